The fraction of sp³-hybridized carbons (Fsp3) is 0.353. The molecule has 8 nitrogen and oxygen atoms in total. The molecule has 0 bridgehead atoms. The summed E-state index contributed by atoms with van der Waals surface area (Å²) in [6.45, 7) is 2.79. The lowest BCUT2D eigenvalue weighted by molar-refractivity contribution is -0.286. The van der Waals surface area contributed by atoms with Crippen molar-refractivity contribution in [1.29, 1.82) is 0 Å². The smallest absolute Gasteiger partial charge is 0.395 e. The highest BCUT2D eigenvalue weighted by Crippen LogP contribution is 2.43. The van der Waals surface area contributed by atoms with Crippen LogP contribution in [0, 0.1) is 0 Å². The summed E-state index contributed by atoms with van der Waals surface area (Å²) < 4.78 is 76.1. The first-order valence-corrected chi connectivity index (χ1v) is 8.50. The van der Waals surface area contributed by atoms with E-state index in [9.17, 15) is 27.1 Å². The number of rotatable bonds is 4. The molecule has 0 radical (unpaired) electrons. The predicted octanol–water partition coefficient (Wildman–Crippen LogP) is 3.39. The van der Waals surface area contributed by atoms with E-state index in [0.717, 1.165) is 10.8 Å². The van der Waals surface area contributed by atoms with Gasteiger partial charge >= 0.3 is 12.5 Å². The number of ether oxygens (including phenoxy) is 2. The molecule has 1 aliphatic rings. The van der Waals surface area contributed by atoms with E-state index in [0.29, 0.717) is 6.07 Å². The zero-order chi connectivity index (χ0) is 21.9. The Morgan fingerprint density at radius 2 is 1.83 bits per heavy atom. The Bertz CT molecular complexity index is 1110. The number of nitrogens with zero attached hydrogens (tertiary/aromatic N) is 4. The molecule has 0 unspecified atom stereocenters. The maximum atomic E-state index is 13.3. The Labute approximate surface area is 165 Å². The molecule has 0 spiro atoms. The highest BCUT2D eigenvalue weighted by atomic mass is 19.4. The predicted molar refractivity (Wildman–Crippen MR) is 91.1 cm³/mol. The minimum Gasteiger partial charge on any atom is -0.395 e. The molecule has 0 saturated carbocycles. The van der Waals surface area contributed by atoms with E-state index in [-0.39, 0.29) is 28.7 Å². The lowest BCUT2D eigenvalue weighted by atomic mass is 9.91. The first-order chi connectivity index (χ1) is 13.8. The molecule has 2 aromatic heterocycles. The van der Waals surface area contributed by atoms with Crippen LogP contribution in [0.1, 0.15) is 31.1 Å². The third-order valence-corrected chi connectivity index (χ3v) is 4.30. The first-order valence-electron chi connectivity index (χ1n) is 8.50. The van der Waals surface area contributed by atoms with Crippen LogP contribution in [0.25, 0.3) is 5.78 Å². The van der Waals surface area contributed by atoms with Gasteiger partial charge in [-0.25, -0.2) is 4.98 Å². The van der Waals surface area contributed by atoms with Crippen LogP contribution < -0.4 is 14.8 Å². The first kappa shape index (κ1) is 20.1. The topological polar surface area (TPSA) is 93.8 Å². The van der Waals surface area contributed by atoms with E-state index >= 15 is 0 Å². The highest BCUT2D eigenvalue weighted by Gasteiger charge is 2.44. The van der Waals surface area contributed by atoms with Crippen molar-refractivity contribution in [1.82, 2.24) is 19.6 Å². The number of aromatic nitrogens is 4. The minimum absolute atomic E-state index is 0.167. The van der Waals surface area contributed by atoms with Crippen molar-refractivity contribution in [2.75, 3.05) is 5.32 Å². The van der Waals surface area contributed by atoms with Gasteiger partial charge in [-0.2, -0.15) is 27.8 Å². The van der Waals surface area contributed by atoms with E-state index in [4.69, 9.17) is 0 Å². The molecule has 1 aromatic carbocycles. The van der Waals surface area contributed by atoms with E-state index in [1.165, 1.54) is 32.0 Å². The van der Waals surface area contributed by atoms with Crippen LogP contribution in [0.5, 0.6) is 11.5 Å². The highest BCUT2D eigenvalue weighted by molar-refractivity contribution is 5.51. The van der Waals surface area contributed by atoms with Gasteiger partial charge in [0.1, 0.15) is 12.1 Å². The standard InChI is InChI=1S/C17H14F5N5O3/c1-15(2,28)13(8-3-4-9-10(5-8)30-17(21,22)29-9)26-12-6-11(16(18,19)20)25-14-23-7-24-27(12)14/h3-7,13,26,28H,1-2H3/t13-/m0/s1. The van der Waals surface area contributed by atoms with Gasteiger partial charge in [0.15, 0.2) is 17.2 Å². The number of benzene rings is 1. The molecular weight excluding hydrogens is 417 g/mol. The number of nitrogens with one attached hydrogen (secondary N) is 1. The minimum atomic E-state index is -4.75. The molecule has 0 amide bonds. The third-order valence-electron chi connectivity index (χ3n) is 4.30. The molecule has 4 rings (SSSR count). The molecule has 3 heterocycles. The Morgan fingerprint density at radius 3 is 2.50 bits per heavy atom. The number of anilines is 1. The van der Waals surface area contributed by atoms with Gasteiger partial charge in [-0.05, 0) is 31.5 Å². The second-order valence-corrected chi connectivity index (χ2v) is 7.10. The van der Waals surface area contributed by atoms with E-state index < -0.39 is 29.8 Å². The molecule has 0 aliphatic carbocycles. The van der Waals surface area contributed by atoms with Crippen molar-refractivity contribution >= 4 is 11.6 Å². The second-order valence-electron chi connectivity index (χ2n) is 7.10. The number of hydrogen-bond donors (Lipinski definition) is 2. The van der Waals surface area contributed by atoms with Crippen LogP contribution in [-0.4, -0.2) is 36.6 Å². The van der Waals surface area contributed by atoms with E-state index in [2.05, 4.69) is 29.9 Å². The third kappa shape index (κ3) is 3.67. The van der Waals surface area contributed by atoms with Crippen molar-refractivity contribution in [2.24, 2.45) is 0 Å². The summed E-state index contributed by atoms with van der Waals surface area (Å²) in [5.41, 5.74) is -2.52. The van der Waals surface area contributed by atoms with Crippen molar-refractivity contribution in [3.05, 3.63) is 41.9 Å². The molecule has 2 N–H and O–H groups in total. The Morgan fingerprint density at radius 1 is 1.13 bits per heavy atom. The molecule has 0 saturated heterocycles. The Kier molecular flexibility index (Phi) is 4.27. The zero-order valence-corrected chi connectivity index (χ0v) is 15.4. The number of hydrogen-bond acceptors (Lipinski definition) is 7. The summed E-state index contributed by atoms with van der Waals surface area (Å²) in [5.74, 6) is -0.961. The average Bonchev–Trinajstić information content (AvgIpc) is 3.19. The van der Waals surface area contributed by atoms with Crippen LogP contribution in [0.3, 0.4) is 0 Å². The Balaban J connectivity index is 1.77. The monoisotopic (exact) mass is 431 g/mol. The quantitative estimate of drug-likeness (QED) is 0.612. The van der Waals surface area contributed by atoms with Gasteiger partial charge in [0.05, 0.1) is 11.6 Å². The molecular formula is C17H14F5N5O3. The molecule has 1 aliphatic heterocycles. The summed E-state index contributed by atoms with van der Waals surface area (Å²) >= 11 is 0. The van der Waals surface area contributed by atoms with Crippen molar-refractivity contribution in [3.63, 3.8) is 0 Å². The average molecular weight is 431 g/mol. The fourth-order valence-electron chi connectivity index (χ4n) is 3.02. The van der Waals surface area contributed by atoms with Crippen LogP contribution in [0.15, 0.2) is 30.6 Å². The van der Waals surface area contributed by atoms with E-state index in [1.807, 2.05) is 0 Å². The van der Waals surface area contributed by atoms with Gasteiger partial charge < -0.3 is 19.9 Å². The summed E-state index contributed by atoms with van der Waals surface area (Å²) in [7, 11) is 0. The summed E-state index contributed by atoms with van der Waals surface area (Å²) in [5, 5.41) is 17.2. The number of alkyl halides is 5. The molecule has 160 valence electrons. The van der Waals surface area contributed by atoms with Crippen molar-refractivity contribution in [3.8, 4) is 11.5 Å². The number of fused-ring (bicyclic) bond motifs is 2. The molecule has 30 heavy (non-hydrogen) atoms. The number of aliphatic hydroxyl groups is 1. The molecule has 3 aromatic rings. The van der Waals surface area contributed by atoms with Crippen LogP contribution in [0.4, 0.5) is 27.8 Å². The molecule has 1 atom stereocenters. The SMILES string of the molecule is CC(C)(O)[C@@H](Nc1cc(C(F)(F)F)nc2ncnn12)c1ccc2c(c1)OC(F)(F)O2. The van der Waals surface area contributed by atoms with Gasteiger partial charge in [0, 0.05) is 6.07 Å². The van der Waals surface area contributed by atoms with Gasteiger partial charge in [-0.3, -0.25) is 0 Å². The van der Waals surface area contributed by atoms with E-state index in [1.54, 1.807) is 0 Å². The van der Waals surface area contributed by atoms with Crippen LogP contribution >= 0.6 is 0 Å². The number of halogens is 5. The zero-order valence-electron chi connectivity index (χ0n) is 15.4. The summed E-state index contributed by atoms with van der Waals surface area (Å²) in [4.78, 5) is 7.09. The Hall–Kier alpha value is -3.22. The lowest BCUT2D eigenvalue weighted by Gasteiger charge is -2.31. The summed E-state index contributed by atoms with van der Waals surface area (Å²) in [6.07, 6.45) is -7.56. The normalized spacial score (nSPS) is 16.7. The van der Waals surface area contributed by atoms with Crippen molar-refractivity contribution in [2.45, 2.75) is 38.0 Å². The van der Waals surface area contributed by atoms with Gasteiger partial charge in [0.2, 0.25) is 0 Å². The van der Waals surface area contributed by atoms with Crippen LogP contribution in [0.2, 0.25) is 0 Å². The second kappa shape index (κ2) is 6.39. The maximum Gasteiger partial charge on any atom is 0.586 e. The van der Waals surface area contributed by atoms with Gasteiger partial charge in [-0.1, -0.05) is 6.07 Å². The largest absolute Gasteiger partial charge is 0.586 e. The van der Waals surface area contributed by atoms with Crippen molar-refractivity contribution < 1.29 is 36.5 Å². The molecule has 13 heteroatoms. The van der Waals surface area contributed by atoms with Gasteiger partial charge in [-0.15, -0.1) is 8.78 Å². The maximum absolute atomic E-state index is 13.3. The molecule has 0 fully saturated rings. The van der Waals surface area contributed by atoms with Crippen LogP contribution in [-0.2, 0) is 6.18 Å². The fourth-order valence-corrected chi connectivity index (χ4v) is 3.02. The summed E-state index contributed by atoms with van der Waals surface area (Å²) in [6, 6.07) is 3.45. The lowest BCUT2D eigenvalue weighted by Crippen LogP contribution is -2.35. The van der Waals surface area contributed by atoms with Gasteiger partial charge in [0.25, 0.3) is 5.78 Å².